The molecule has 1 rings (SSSR count). The Kier molecular flexibility index (Phi) is 3.07. The molecule has 0 aliphatic carbocycles. The van der Waals surface area contributed by atoms with Crippen molar-refractivity contribution in [3.8, 4) is 0 Å². The number of nitrogens with one attached hydrogen (secondary N) is 1. The molecule has 0 bridgehead atoms. The highest BCUT2D eigenvalue weighted by molar-refractivity contribution is 8.38. The van der Waals surface area contributed by atoms with Crippen LogP contribution in [0.1, 0.15) is 13.3 Å². The summed E-state index contributed by atoms with van der Waals surface area (Å²) in [5.74, 6) is 0.521. The van der Waals surface area contributed by atoms with Crippen molar-refractivity contribution in [1.82, 2.24) is 5.32 Å². The molecule has 1 saturated heterocycles. The number of thioether (sulfide) groups is 1. The lowest BCUT2D eigenvalue weighted by Gasteiger charge is -2.03. The largest absolute Gasteiger partial charge is 0.371 e. The smallest absolute Gasteiger partial charge is 0.139 e. The van der Waals surface area contributed by atoms with E-state index in [-0.39, 0.29) is 0 Å². The molecule has 1 aliphatic heterocycles. The fraction of sp³-hybridized carbons (Fsp3) is 0.667. The van der Waals surface area contributed by atoms with Gasteiger partial charge in [0.15, 0.2) is 0 Å². The molecule has 0 aromatic heterocycles. The molecule has 1 atom stereocenters. The Labute approximate surface area is 75.9 Å². The third kappa shape index (κ3) is 2.18. The van der Waals surface area contributed by atoms with Crippen molar-refractivity contribution in [2.45, 2.75) is 13.3 Å². The van der Waals surface area contributed by atoms with Gasteiger partial charge in [-0.25, -0.2) is 0 Å². The Morgan fingerprint density at radius 2 is 2.30 bits per heavy atom. The molecule has 4 heteroatoms. The Morgan fingerprint density at radius 1 is 1.60 bits per heavy atom. The Hall–Kier alpha value is 0.330. The summed E-state index contributed by atoms with van der Waals surface area (Å²) in [4.78, 5) is 0. The van der Waals surface area contributed by atoms with E-state index in [9.17, 15) is 0 Å². The first-order chi connectivity index (χ1) is 4.70. The molecule has 1 nitrogen and oxygen atoms in total. The molecular weight excluding hydrogens is 182 g/mol. The molecule has 0 saturated carbocycles. The Balaban J connectivity index is 2.57. The third-order valence-electron chi connectivity index (χ3n) is 1.44. The van der Waals surface area contributed by atoms with Crippen molar-refractivity contribution in [1.29, 1.82) is 0 Å². The monoisotopic (exact) mass is 191 g/mol. The second-order valence-electron chi connectivity index (χ2n) is 2.33. The number of hydrogen-bond acceptors (Lipinski definition) is 3. The lowest BCUT2D eigenvalue weighted by molar-refractivity contribution is 0.683. The minimum absolute atomic E-state index is 0.521. The lowest BCUT2D eigenvalue weighted by Crippen LogP contribution is -2.17. The maximum atomic E-state index is 5.13. The summed E-state index contributed by atoms with van der Waals surface area (Å²) >= 11 is 11.6. The predicted octanol–water partition coefficient (Wildman–Crippen LogP) is 1.96. The summed E-state index contributed by atoms with van der Waals surface area (Å²) in [6.45, 7) is 3.11. The summed E-state index contributed by atoms with van der Waals surface area (Å²) in [5, 5.41) is 3.11. The standard InChI is InChI=1S/C6H9NS3/c1-4-2-3-7-6(9)10-5(4)8/h4H,2-3H2,1H3,(H,7,9). The maximum absolute atomic E-state index is 5.13. The summed E-state index contributed by atoms with van der Waals surface area (Å²) in [7, 11) is 0. The van der Waals surface area contributed by atoms with Gasteiger partial charge in [-0.1, -0.05) is 43.1 Å². The van der Waals surface area contributed by atoms with Crippen molar-refractivity contribution in [3.05, 3.63) is 0 Å². The van der Waals surface area contributed by atoms with Crippen LogP contribution in [0.3, 0.4) is 0 Å². The van der Waals surface area contributed by atoms with E-state index in [1.807, 2.05) is 0 Å². The molecule has 0 aromatic carbocycles. The first-order valence-corrected chi connectivity index (χ1v) is 4.83. The van der Waals surface area contributed by atoms with Gasteiger partial charge in [0.1, 0.15) is 4.32 Å². The highest BCUT2D eigenvalue weighted by atomic mass is 32.2. The summed E-state index contributed by atoms with van der Waals surface area (Å²) in [5.41, 5.74) is 0. The second-order valence-corrected chi connectivity index (χ2v) is 4.74. The van der Waals surface area contributed by atoms with Gasteiger partial charge in [-0.05, 0) is 12.3 Å². The van der Waals surface area contributed by atoms with Crippen LogP contribution in [0.5, 0.6) is 0 Å². The molecule has 1 heterocycles. The molecular formula is C6H9NS3. The zero-order valence-electron chi connectivity index (χ0n) is 5.72. The van der Waals surface area contributed by atoms with Crippen molar-refractivity contribution >= 4 is 44.7 Å². The van der Waals surface area contributed by atoms with E-state index in [0.717, 1.165) is 21.5 Å². The Morgan fingerprint density at radius 3 is 3.00 bits per heavy atom. The average Bonchev–Trinajstić information content (AvgIpc) is 1.96. The fourth-order valence-electron chi connectivity index (χ4n) is 0.737. The van der Waals surface area contributed by atoms with Crippen LogP contribution in [0.25, 0.3) is 0 Å². The van der Waals surface area contributed by atoms with E-state index < -0.39 is 0 Å². The van der Waals surface area contributed by atoms with E-state index >= 15 is 0 Å². The molecule has 1 aliphatic rings. The van der Waals surface area contributed by atoms with Gasteiger partial charge in [-0.3, -0.25) is 0 Å². The highest BCUT2D eigenvalue weighted by Gasteiger charge is 2.15. The maximum Gasteiger partial charge on any atom is 0.139 e. The first-order valence-electron chi connectivity index (χ1n) is 3.19. The summed E-state index contributed by atoms with van der Waals surface area (Å²) < 4.78 is 1.85. The summed E-state index contributed by atoms with van der Waals surface area (Å²) in [6, 6.07) is 0. The van der Waals surface area contributed by atoms with Crippen molar-refractivity contribution < 1.29 is 0 Å². The quantitative estimate of drug-likeness (QED) is 0.587. The predicted molar refractivity (Wildman–Crippen MR) is 54.6 cm³/mol. The normalized spacial score (nSPS) is 27.5. The molecule has 1 N–H and O–H groups in total. The number of rotatable bonds is 0. The second kappa shape index (κ2) is 3.64. The van der Waals surface area contributed by atoms with Crippen LogP contribution in [0, 0.1) is 5.92 Å². The van der Waals surface area contributed by atoms with Crippen LogP contribution in [-0.2, 0) is 0 Å². The minimum atomic E-state index is 0.521. The van der Waals surface area contributed by atoms with Gasteiger partial charge in [-0.15, -0.1) is 0 Å². The van der Waals surface area contributed by atoms with E-state index in [4.69, 9.17) is 24.4 Å². The average molecular weight is 191 g/mol. The number of thiocarbonyl (C=S) groups is 2. The zero-order chi connectivity index (χ0) is 7.56. The van der Waals surface area contributed by atoms with E-state index in [1.54, 1.807) is 0 Å². The van der Waals surface area contributed by atoms with Crippen molar-refractivity contribution in [2.75, 3.05) is 6.54 Å². The third-order valence-corrected chi connectivity index (χ3v) is 3.42. The van der Waals surface area contributed by atoms with Gasteiger partial charge in [0.2, 0.25) is 0 Å². The Bertz CT molecular complexity index is 166. The van der Waals surface area contributed by atoms with Crippen molar-refractivity contribution in [3.63, 3.8) is 0 Å². The van der Waals surface area contributed by atoms with Crippen molar-refractivity contribution in [2.24, 2.45) is 5.92 Å². The van der Waals surface area contributed by atoms with E-state index in [0.29, 0.717) is 5.92 Å². The molecule has 1 unspecified atom stereocenters. The molecule has 0 radical (unpaired) electrons. The van der Waals surface area contributed by atoms with Gasteiger partial charge in [-0.2, -0.15) is 0 Å². The SMILES string of the molecule is CC1CCNC(=S)SC1=S. The van der Waals surface area contributed by atoms with Crippen LogP contribution in [0.4, 0.5) is 0 Å². The molecule has 10 heavy (non-hydrogen) atoms. The number of hydrogen-bond donors (Lipinski definition) is 1. The van der Waals surface area contributed by atoms with Gasteiger partial charge in [0, 0.05) is 6.54 Å². The van der Waals surface area contributed by atoms with E-state index in [1.165, 1.54) is 11.8 Å². The molecule has 0 amide bonds. The van der Waals surface area contributed by atoms with Gasteiger partial charge >= 0.3 is 0 Å². The zero-order valence-corrected chi connectivity index (χ0v) is 8.17. The van der Waals surface area contributed by atoms with E-state index in [2.05, 4.69) is 12.2 Å². The van der Waals surface area contributed by atoms with Crippen LogP contribution < -0.4 is 5.32 Å². The molecule has 0 aromatic rings. The summed E-state index contributed by atoms with van der Waals surface area (Å²) in [6.07, 6.45) is 1.10. The molecule has 56 valence electrons. The topological polar surface area (TPSA) is 12.0 Å². The van der Waals surface area contributed by atoms with Gasteiger partial charge < -0.3 is 5.32 Å². The molecule has 1 fully saturated rings. The first kappa shape index (κ1) is 8.43. The highest BCUT2D eigenvalue weighted by Crippen LogP contribution is 2.19. The van der Waals surface area contributed by atoms with Crippen LogP contribution >= 0.6 is 36.2 Å². The van der Waals surface area contributed by atoms with Crippen LogP contribution in [0.15, 0.2) is 0 Å². The van der Waals surface area contributed by atoms with Gasteiger partial charge in [0.25, 0.3) is 0 Å². The minimum Gasteiger partial charge on any atom is -0.371 e. The fourth-order valence-corrected chi connectivity index (χ4v) is 2.31. The van der Waals surface area contributed by atoms with Crippen LogP contribution in [0.2, 0.25) is 0 Å². The van der Waals surface area contributed by atoms with Gasteiger partial charge in [0.05, 0.1) is 4.20 Å². The molecule has 0 spiro atoms. The lowest BCUT2D eigenvalue weighted by atomic mass is 10.1. The van der Waals surface area contributed by atoms with Crippen LogP contribution in [-0.4, -0.2) is 15.1 Å².